The molecule has 2 radical (unpaired) electrons. The Morgan fingerprint density at radius 1 is 1.58 bits per heavy atom. The summed E-state index contributed by atoms with van der Waals surface area (Å²) in [4.78, 5) is 0. The van der Waals surface area contributed by atoms with Crippen molar-refractivity contribution in [1.82, 2.24) is 0 Å². The fourth-order valence-corrected chi connectivity index (χ4v) is 2.27. The van der Waals surface area contributed by atoms with Gasteiger partial charge in [-0.05, 0) is 13.3 Å². The van der Waals surface area contributed by atoms with E-state index in [4.69, 9.17) is 17.3 Å². The van der Waals surface area contributed by atoms with Crippen molar-refractivity contribution in [3.63, 3.8) is 0 Å². The number of ether oxygens (including phenoxy) is 2. The van der Waals surface area contributed by atoms with Crippen LogP contribution in [0, 0.1) is 0 Å². The first-order chi connectivity index (χ1) is 5.62. The lowest BCUT2D eigenvalue weighted by molar-refractivity contribution is -0.158. The van der Waals surface area contributed by atoms with Crippen LogP contribution in [0.2, 0.25) is 0 Å². The first kappa shape index (κ1) is 8.54. The van der Waals surface area contributed by atoms with E-state index in [2.05, 4.69) is 0 Å². The molecule has 12 heavy (non-hydrogen) atoms. The van der Waals surface area contributed by atoms with Gasteiger partial charge in [-0.2, -0.15) is 0 Å². The zero-order valence-corrected chi connectivity index (χ0v) is 7.36. The molecule has 2 rings (SSSR count). The molecule has 3 nitrogen and oxygen atoms in total. The predicted octanol–water partition coefficient (Wildman–Crippen LogP) is -0.192. The summed E-state index contributed by atoms with van der Waals surface area (Å²) in [6.45, 7) is 3.89. The predicted molar refractivity (Wildman–Crippen MR) is 44.0 cm³/mol. The van der Waals surface area contributed by atoms with Crippen LogP contribution in [-0.2, 0) is 9.47 Å². The highest BCUT2D eigenvalue weighted by Gasteiger charge is 2.62. The Balaban J connectivity index is 2.30. The molecule has 0 aromatic rings. The molecular formula is C8H13BO3. The molecule has 1 N–H and O–H groups in total. The smallest absolute Gasteiger partial charge is 0.121 e. The van der Waals surface area contributed by atoms with Gasteiger partial charge in [0.1, 0.15) is 25.7 Å². The zero-order valence-electron chi connectivity index (χ0n) is 7.36. The summed E-state index contributed by atoms with van der Waals surface area (Å²) in [5.74, 6) is 0. The number of aliphatic hydroxyl groups excluding tert-OH is 1. The van der Waals surface area contributed by atoms with E-state index in [1.54, 1.807) is 0 Å². The molecule has 2 saturated heterocycles. The number of aliphatic hydroxyl groups is 1. The van der Waals surface area contributed by atoms with Gasteiger partial charge in [-0.15, -0.1) is 0 Å². The average molecular weight is 168 g/mol. The highest BCUT2D eigenvalue weighted by atomic mass is 16.6. The zero-order chi connectivity index (χ0) is 8.93. The van der Waals surface area contributed by atoms with Gasteiger partial charge < -0.3 is 14.6 Å². The Morgan fingerprint density at radius 2 is 2.25 bits per heavy atom. The lowest BCUT2D eigenvalue weighted by atomic mass is 9.89. The molecule has 2 heterocycles. The molecule has 2 aliphatic rings. The highest BCUT2D eigenvalue weighted by Crippen LogP contribution is 2.45. The second-order valence-electron chi connectivity index (χ2n) is 3.58. The first-order valence-electron chi connectivity index (χ1n) is 4.38. The summed E-state index contributed by atoms with van der Waals surface area (Å²) < 4.78 is 11.0. The van der Waals surface area contributed by atoms with E-state index in [9.17, 15) is 5.11 Å². The Kier molecular flexibility index (Phi) is 1.76. The van der Waals surface area contributed by atoms with E-state index >= 15 is 0 Å². The maximum atomic E-state index is 9.79. The Bertz CT molecular complexity index is 199. The summed E-state index contributed by atoms with van der Waals surface area (Å²) in [6, 6.07) is -0.462. The molecule has 0 amide bonds. The van der Waals surface area contributed by atoms with Crippen LogP contribution in [0.5, 0.6) is 0 Å². The monoisotopic (exact) mass is 168 g/mol. The fourth-order valence-electron chi connectivity index (χ4n) is 2.27. The molecule has 0 aromatic heterocycles. The number of rotatable bonds is 1. The van der Waals surface area contributed by atoms with Crippen molar-refractivity contribution in [2.75, 3.05) is 0 Å². The van der Waals surface area contributed by atoms with Crippen molar-refractivity contribution in [2.45, 2.75) is 50.2 Å². The Morgan fingerprint density at radius 3 is 2.58 bits per heavy atom. The molecule has 4 heteroatoms. The molecule has 0 aliphatic carbocycles. The van der Waals surface area contributed by atoms with Gasteiger partial charge in [0.15, 0.2) is 0 Å². The van der Waals surface area contributed by atoms with Gasteiger partial charge in [-0.25, -0.2) is 0 Å². The number of hydrogen-bond acceptors (Lipinski definition) is 3. The van der Waals surface area contributed by atoms with E-state index in [0.717, 1.165) is 6.42 Å². The van der Waals surface area contributed by atoms with Gasteiger partial charge in [0, 0.05) is 6.00 Å². The second-order valence-corrected chi connectivity index (χ2v) is 3.58. The van der Waals surface area contributed by atoms with Crippen LogP contribution in [0.3, 0.4) is 0 Å². The third kappa shape index (κ3) is 0.780. The molecular weight excluding hydrogens is 155 g/mol. The van der Waals surface area contributed by atoms with E-state index in [-0.39, 0.29) is 12.2 Å². The minimum Gasteiger partial charge on any atom is -0.387 e. The summed E-state index contributed by atoms with van der Waals surface area (Å²) >= 11 is 0. The molecule has 2 fully saturated rings. The molecule has 0 saturated carbocycles. The summed E-state index contributed by atoms with van der Waals surface area (Å²) in [5.41, 5.74) is -0.552. The fraction of sp³-hybridized carbons (Fsp3) is 1.00. The van der Waals surface area contributed by atoms with E-state index in [1.807, 2.05) is 13.8 Å². The van der Waals surface area contributed by atoms with Gasteiger partial charge in [-0.1, -0.05) is 6.92 Å². The van der Waals surface area contributed by atoms with E-state index in [1.165, 1.54) is 0 Å². The van der Waals surface area contributed by atoms with Crippen LogP contribution in [0.1, 0.15) is 20.3 Å². The molecule has 0 unspecified atom stereocenters. The Hall–Kier alpha value is -0.0551. The van der Waals surface area contributed by atoms with Crippen LogP contribution in [0.15, 0.2) is 0 Å². The molecule has 0 spiro atoms. The molecule has 0 aromatic carbocycles. The quantitative estimate of drug-likeness (QED) is 0.551. The van der Waals surface area contributed by atoms with Gasteiger partial charge in [0.2, 0.25) is 0 Å². The lowest BCUT2D eigenvalue weighted by Crippen LogP contribution is -2.46. The average Bonchev–Trinajstić information content (AvgIpc) is 2.41. The van der Waals surface area contributed by atoms with Crippen LogP contribution >= 0.6 is 0 Å². The summed E-state index contributed by atoms with van der Waals surface area (Å²) in [5, 5.41) is 9.79. The van der Waals surface area contributed by atoms with E-state index < -0.39 is 17.7 Å². The van der Waals surface area contributed by atoms with Crippen molar-refractivity contribution < 1.29 is 14.6 Å². The minimum atomic E-state index is -0.563. The van der Waals surface area contributed by atoms with Crippen LogP contribution < -0.4 is 0 Å². The third-order valence-electron chi connectivity index (χ3n) is 3.09. The van der Waals surface area contributed by atoms with Crippen LogP contribution in [-0.4, -0.2) is 42.9 Å². The van der Waals surface area contributed by atoms with Gasteiger partial charge >= 0.3 is 0 Å². The molecule has 2 bridgehead atoms. The first-order valence-corrected chi connectivity index (χ1v) is 4.38. The van der Waals surface area contributed by atoms with Crippen molar-refractivity contribution in [2.24, 2.45) is 0 Å². The third-order valence-corrected chi connectivity index (χ3v) is 3.09. The lowest BCUT2D eigenvalue weighted by Gasteiger charge is -2.34. The number of fused-ring (bicyclic) bond motifs is 2. The van der Waals surface area contributed by atoms with Gasteiger partial charge in [0.05, 0.1) is 6.10 Å². The normalized spacial score (nSPS) is 57.9. The highest BCUT2D eigenvalue weighted by molar-refractivity contribution is 6.11. The van der Waals surface area contributed by atoms with Gasteiger partial charge in [0.25, 0.3) is 0 Å². The van der Waals surface area contributed by atoms with Crippen molar-refractivity contribution in [3.05, 3.63) is 0 Å². The minimum absolute atomic E-state index is 0.0534. The van der Waals surface area contributed by atoms with Crippen LogP contribution in [0.25, 0.3) is 0 Å². The standard InChI is InChI=1S/C8H13BO3/c1-3-8-4(2)11-5(6(8)10)7(9)12-8/h4-7,10H,3H2,1-2H3/t4-,5+,6-,7+,8-/m0/s1. The van der Waals surface area contributed by atoms with Crippen molar-refractivity contribution in [3.8, 4) is 0 Å². The molecule has 66 valence electrons. The van der Waals surface area contributed by atoms with Crippen LogP contribution in [0.4, 0.5) is 0 Å². The summed E-state index contributed by atoms with van der Waals surface area (Å²) in [7, 11) is 5.63. The maximum Gasteiger partial charge on any atom is 0.121 e. The van der Waals surface area contributed by atoms with Crippen molar-refractivity contribution >= 4 is 7.85 Å². The largest absolute Gasteiger partial charge is 0.387 e. The van der Waals surface area contributed by atoms with Gasteiger partial charge in [-0.3, -0.25) is 0 Å². The second kappa shape index (κ2) is 2.47. The van der Waals surface area contributed by atoms with Crippen molar-refractivity contribution in [1.29, 1.82) is 0 Å². The SMILES string of the molecule is [B][C@@H]1O[C@@]2(CC)[C@H](C)O[C@@H]1[C@@H]2O. The maximum absolute atomic E-state index is 9.79. The molecule has 2 aliphatic heterocycles. The van der Waals surface area contributed by atoms with E-state index in [0.29, 0.717) is 0 Å². The number of hydrogen-bond donors (Lipinski definition) is 1. The topological polar surface area (TPSA) is 38.7 Å². The Labute approximate surface area is 73.5 Å². The summed E-state index contributed by atoms with van der Waals surface area (Å²) in [6.07, 6.45) is -0.214. The molecule has 5 atom stereocenters.